The van der Waals surface area contributed by atoms with Crippen LogP contribution in [0.15, 0.2) is 194 Å². The lowest BCUT2D eigenvalue weighted by atomic mass is 9.97. The van der Waals surface area contributed by atoms with Gasteiger partial charge in [0.1, 0.15) is 0 Å². The van der Waals surface area contributed by atoms with Crippen LogP contribution < -0.4 is 0 Å². The van der Waals surface area contributed by atoms with Gasteiger partial charge >= 0.3 is 0 Å². The van der Waals surface area contributed by atoms with Crippen molar-refractivity contribution in [2.75, 3.05) is 0 Å². The van der Waals surface area contributed by atoms with Gasteiger partial charge in [0.2, 0.25) is 0 Å². The molecule has 0 spiro atoms. The van der Waals surface area contributed by atoms with Crippen molar-refractivity contribution in [1.29, 1.82) is 0 Å². The van der Waals surface area contributed by atoms with Crippen molar-refractivity contribution >= 4 is 65.2 Å². The summed E-state index contributed by atoms with van der Waals surface area (Å²) in [4.78, 5) is 0. The standard InChI is InChI=1S/C50H32N2/c1-3-15-33(16-4-1)43-31-37(29-35-19-7-9-21-39(35)43)51-45-25-13-11-23-41(45)49-47(51)27-28-48-50(49)42-24-12-14-26-46(42)52(48)38-30-36-20-8-10-22-40(36)44(32-38)34-17-5-2-6-18-34/h1-32H. The minimum atomic E-state index is 1.16. The predicted octanol–water partition coefficient (Wildman–Crippen LogP) is 13.5. The number of benzene rings is 9. The van der Waals surface area contributed by atoms with E-state index >= 15 is 0 Å². The minimum absolute atomic E-state index is 1.16. The van der Waals surface area contributed by atoms with Crippen molar-refractivity contribution in [2.45, 2.75) is 0 Å². The molecule has 0 unspecified atom stereocenters. The lowest BCUT2D eigenvalue weighted by Crippen LogP contribution is -1.97. The summed E-state index contributed by atoms with van der Waals surface area (Å²) in [6, 6.07) is 71.0. The van der Waals surface area contributed by atoms with Gasteiger partial charge in [0.05, 0.1) is 22.1 Å². The first kappa shape index (κ1) is 28.9. The fourth-order valence-electron chi connectivity index (χ4n) is 8.64. The minimum Gasteiger partial charge on any atom is -0.309 e. The number of nitrogens with zero attached hydrogens (tertiary/aromatic N) is 2. The summed E-state index contributed by atoms with van der Waals surface area (Å²) in [5.41, 5.74) is 12.0. The first-order valence-electron chi connectivity index (χ1n) is 17.9. The number of hydrogen-bond acceptors (Lipinski definition) is 0. The molecule has 242 valence electrons. The van der Waals surface area contributed by atoms with Crippen LogP contribution in [0.4, 0.5) is 0 Å². The van der Waals surface area contributed by atoms with E-state index in [1.807, 2.05) is 0 Å². The summed E-state index contributed by atoms with van der Waals surface area (Å²) >= 11 is 0. The zero-order valence-electron chi connectivity index (χ0n) is 28.4. The molecule has 0 aliphatic rings. The molecule has 0 aliphatic heterocycles. The molecule has 11 aromatic rings. The van der Waals surface area contributed by atoms with Gasteiger partial charge in [0, 0.05) is 32.9 Å². The second-order valence-electron chi connectivity index (χ2n) is 13.7. The molecule has 0 atom stereocenters. The molecule has 0 amide bonds. The van der Waals surface area contributed by atoms with Crippen LogP contribution in [0.5, 0.6) is 0 Å². The van der Waals surface area contributed by atoms with Crippen LogP contribution in [0.1, 0.15) is 0 Å². The molecule has 0 saturated carbocycles. The van der Waals surface area contributed by atoms with Crippen molar-refractivity contribution in [3.8, 4) is 33.6 Å². The van der Waals surface area contributed by atoms with E-state index in [0.717, 1.165) is 11.4 Å². The fourth-order valence-corrected chi connectivity index (χ4v) is 8.64. The van der Waals surface area contributed by atoms with Crippen LogP contribution in [0.25, 0.3) is 98.8 Å². The second kappa shape index (κ2) is 11.3. The Morgan fingerprint density at radius 3 is 1.08 bits per heavy atom. The lowest BCUT2D eigenvalue weighted by Gasteiger charge is -2.15. The van der Waals surface area contributed by atoms with Gasteiger partial charge in [0.15, 0.2) is 0 Å². The molecule has 0 fully saturated rings. The molecule has 0 bridgehead atoms. The summed E-state index contributed by atoms with van der Waals surface area (Å²) < 4.78 is 4.94. The van der Waals surface area contributed by atoms with Gasteiger partial charge in [-0.2, -0.15) is 0 Å². The average molecular weight is 661 g/mol. The largest absolute Gasteiger partial charge is 0.309 e. The number of para-hydroxylation sites is 2. The molecule has 2 aromatic heterocycles. The van der Waals surface area contributed by atoms with Gasteiger partial charge in [-0.15, -0.1) is 0 Å². The Balaban J connectivity index is 1.24. The molecular weight excluding hydrogens is 629 g/mol. The maximum Gasteiger partial charge on any atom is 0.0548 e. The van der Waals surface area contributed by atoms with Crippen molar-refractivity contribution in [3.63, 3.8) is 0 Å². The Labute approximate surface area is 301 Å². The van der Waals surface area contributed by atoms with Gasteiger partial charge in [0.25, 0.3) is 0 Å². The van der Waals surface area contributed by atoms with E-state index in [1.54, 1.807) is 0 Å². The van der Waals surface area contributed by atoms with E-state index in [4.69, 9.17) is 0 Å². The number of fused-ring (bicyclic) bond motifs is 9. The summed E-state index contributed by atoms with van der Waals surface area (Å²) in [6.45, 7) is 0. The summed E-state index contributed by atoms with van der Waals surface area (Å²) in [7, 11) is 0. The molecule has 9 aromatic carbocycles. The van der Waals surface area contributed by atoms with E-state index in [1.165, 1.54) is 87.4 Å². The Hall–Kier alpha value is -6.90. The first-order chi connectivity index (χ1) is 25.8. The van der Waals surface area contributed by atoms with E-state index in [-0.39, 0.29) is 0 Å². The zero-order chi connectivity index (χ0) is 34.2. The van der Waals surface area contributed by atoms with Crippen molar-refractivity contribution in [1.82, 2.24) is 9.13 Å². The van der Waals surface area contributed by atoms with E-state index in [9.17, 15) is 0 Å². The van der Waals surface area contributed by atoms with Crippen LogP contribution in [0.2, 0.25) is 0 Å². The SMILES string of the molecule is c1ccc(-c2cc(-n3c4ccccc4c4c5c6ccccc6n(-c6cc(-c7ccccc7)c7ccccc7c6)c5ccc43)cc3ccccc23)cc1. The molecule has 2 heterocycles. The highest BCUT2D eigenvalue weighted by atomic mass is 15.0. The highest BCUT2D eigenvalue weighted by Gasteiger charge is 2.21. The third-order valence-electron chi connectivity index (χ3n) is 10.9. The zero-order valence-corrected chi connectivity index (χ0v) is 28.4. The maximum atomic E-state index is 2.47. The van der Waals surface area contributed by atoms with Crippen LogP contribution in [-0.4, -0.2) is 9.13 Å². The Bertz CT molecular complexity index is 2950. The molecule has 52 heavy (non-hydrogen) atoms. The van der Waals surface area contributed by atoms with Crippen LogP contribution in [-0.2, 0) is 0 Å². The van der Waals surface area contributed by atoms with Crippen LogP contribution in [0.3, 0.4) is 0 Å². The van der Waals surface area contributed by atoms with E-state index < -0.39 is 0 Å². The average Bonchev–Trinajstić information content (AvgIpc) is 3.73. The topological polar surface area (TPSA) is 9.86 Å². The van der Waals surface area contributed by atoms with E-state index in [2.05, 4.69) is 203 Å². The summed E-state index contributed by atoms with van der Waals surface area (Å²) in [6.07, 6.45) is 0. The molecule has 0 saturated heterocycles. The third-order valence-corrected chi connectivity index (χ3v) is 10.9. The second-order valence-corrected chi connectivity index (χ2v) is 13.7. The summed E-state index contributed by atoms with van der Waals surface area (Å²) in [5, 5.41) is 10.0. The van der Waals surface area contributed by atoms with Gasteiger partial charge in [-0.05, 0) is 92.3 Å². The first-order valence-corrected chi connectivity index (χ1v) is 17.9. The lowest BCUT2D eigenvalue weighted by molar-refractivity contribution is 1.18. The van der Waals surface area contributed by atoms with Gasteiger partial charge in [-0.25, -0.2) is 0 Å². The predicted molar refractivity (Wildman–Crippen MR) is 221 cm³/mol. The smallest absolute Gasteiger partial charge is 0.0548 e. The van der Waals surface area contributed by atoms with E-state index in [0.29, 0.717) is 0 Å². The van der Waals surface area contributed by atoms with Crippen molar-refractivity contribution in [2.24, 2.45) is 0 Å². The summed E-state index contributed by atoms with van der Waals surface area (Å²) in [5.74, 6) is 0. The molecule has 2 heteroatoms. The molecule has 11 rings (SSSR count). The number of rotatable bonds is 4. The third kappa shape index (κ3) is 4.25. The quantitative estimate of drug-likeness (QED) is 0.178. The molecular formula is C50H32N2. The van der Waals surface area contributed by atoms with Gasteiger partial charge < -0.3 is 9.13 Å². The highest BCUT2D eigenvalue weighted by Crippen LogP contribution is 2.44. The van der Waals surface area contributed by atoms with Crippen LogP contribution in [0, 0.1) is 0 Å². The molecule has 0 radical (unpaired) electrons. The van der Waals surface area contributed by atoms with Gasteiger partial charge in [-0.3, -0.25) is 0 Å². The van der Waals surface area contributed by atoms with Gasteiger partial charge in [-0.1, -0.05) is 146 Å². The van der Waals surface area contributed by atoms with Crippen molar-refractivity contribution in [3.05, 3.63) is 194 Å². The molecule has 2 nitrogen and oxygen atoms in total. The molecule has 0 N–H and O–H groups in total. The maximum absolute atomic E-state index is 2.47. The number of aromatic nitrogens is 2. The molecule has 0 aliphatic carbocycles. The fraction of sp³-hybridized carbons (Fsp3) is 0. The Kier molecular flexibility index (Phi) is 6.28. The normalized spacial score (nSPS) is 11.8. The monoisotopic (exact) mass is 660 g/mol. The Morgan fingerprint density at radius 2 is 0.635 bits per heavy atom. The Morgan fingerprint density at radius 1 is 0.269 bits per heavy atom. The highest BCUT2D eigenvalue weighted by molar-refractivity contribution is 6.29. The van der Waals surface area contributed by atoms with Crippen LogP contribution >= 0.6 is 0 Å². The van der Waals surface area contributed by atoms with Crippen molar-refractivity contribution < 1.29 is 0 Å². The number of hydrogen-bond donors (Lipinski definition) is 0.